The van der Waals surface area contributed by atoms with E-state index in [4.69, 9.17) is 10.5 Å². The fraction of sp³-hybridized carbons (Fsp3) is 0.615. The number of ether oxygens (including phenoxy) is 1. The average Bonchev–Trinajstić information content (AvgIpc) is 2.92. The van der Waals surface area contributed by atoms with Crippen molar-refractivity contribution >= 4 is 5.91 Å². The molecule has 4 atom stereocenters. The standard InChI is InChI=1S/C13H19N3O2/c1-7-3-4-9(16(7)2)13(17)15-11-10(14)8-5-6-18-12(8)11/h3-4,8,10-12H,5-6,14H2,1-2H3,(H,15,17). The maximum atomic E-state index is 12.2. The summed E-state index contributed by atoms with van der Waals surface area (Å²) in [5.74, 6) is 0.352. The number of nitrogens with zero attached hydrogens (tertiary/aromatic N) is 1. The SMILES string of the molecule is Cc1ccc(C(=O)NC2C(N)C3CCOC32)n1C. The Morgan fingerprint density at radius 2 is 2.33 bits per heavy atom. The van der Waals surface area contributed by atoms with Gasteiger partial charge in [0.2, 0.25) is 0 Å². The molecular formula is C13H19N3O2. The number of amides is 1. The summed E-state index contributed by atoms with van der Waals surface area (Å²) in [6.45, 7) is 2.74. The van der Waals surface area contributed by atoms with Crippen molar-refractivity contribution in [3.05, 3.63) is 23.5 Å². The molecule has 1 aliphatic heterocycles. The van der Waals surface area contributed by atoms with Gasteiger partial charge in [-0.25, -0.2) is 0 Å². The normalized spacial score (nSPS) is 33.9. The van der Waals surface area contributed by atoms with Crippen molar-refractivity contribution in [3.63, 3.8) is 0 Å². The Balaban J connectivity index is 1.70. The summed E-state index contributed by atoms with van der Waals surface area (Å²) in [5.41, 5.74) is 7.81. The zero-order valence-electron chi connectivity index (χ0n) is 10.7. The van der Waals surface area contributed by atoms with E-state index in [1.807, 2.05) is 30.7 Å². The molecule has 0 radical (unpaired) electrons. The highest BCUT2D eigenvalue weighted by Crippen LogP contribution is 2.37. The third-order valence-electron chi connectivity index (χ3n) is 4.35. The van der Waals surface area contributed by atoms with Gasteiger partial charge in [-0.05, 0) is 25.5 Å². The molecule has 1 aromatic rings. The molecule has 18 heavy (non-hydrogen) atoms. The van der Waals surface area contributed by atoms with Crippen molar-refractivity contribution in [1.82, 2.24) is 9.88 Å². The molecule has 98 valence electrons. The largest absolute Gasteiger partial charge is 0.376 e. The highest BCUT2D eigenvalue weighted by molar-refractivity contribution is 5.93. The second kappa shape index (κ2) is 4.10. The number of aromatic nitrogens is 1. The molecule has 1 saturated heterocycles. The molecule has 5 heteroatoms. The van der Waals surface area contributed by atoms with E-state index >= 15 is 0 Å². The summed E-state index contributed by atoms with van der Waals surface area (Å²) in [7, 11) is 1.89. The van der Waals surface area contributed by atoms with Crippen LogP contribution in [0.15, 0.2) is 12.1 Å². The smallest absolute Gasteiger partial charge is 0.268 e. The van der Waals surface area contributed by atoms with Gasteiger partial charge in [-0.3, -0.25) is 4.79 Å². The molecule has 0 aromatic carbocycles. The predicted molar refractivity (Wildman–Crippen MR) is 67.2 cm³/mol. The van der Waals surface area contributed by atoms with Crippen LogP contribution in [-0.2, 0) is 11.8 Å². The van der Waals surface area contributed by atoms with Crippen molar-refractivity contribution in [2.45, 2.75) is 31.5 Å². The molecule has 0 bridgehead atoms. The Bertz CT molecular complexity index is 483. The molecule has 3 N–H and O–H groups in total. The molecule has 1 aliphatic carbocycles. The van der Waals surface area contributed by atoms with Crippen LogP contribution in [0.25, 0.3) is 0 Å². The van der Waals surface area contributed by atoms with E-state index in [-0.39, 0.29) is 24.1 Å². The van der Waals surface area contributed by atoms with Crippen LogP contribution in [0.5, 0.6) is 0 Å². The molecule has 4 unspecified atom stereocenters. The van der Waals surface area contributed by atoms with Gasteiger partial charge < -0.3 is 20.4 Å². The van der Waals surface area contributed by atoms with E-state index in [0.717, 1.165) is 18.7 Å². The second-order valence-corrected chi connectivity index (χ2v) is 5.28. The molecule has 3 rings (SSSR count). The molecule has 2 fully saturated rings. The van der Waals surface area contributed by atoms with Gasteiger partial charge in [0.15, 0.2) is 0 Å². The van der Waals surface area contributed by atoms with E-state index in [1.165, 1.54) is 0 Å². The summed E-state index contributed by atoms with van der Waals surface area (Å²) in [4.78, 5) is 12.2. The quantitative estimate of drug-likeness (QED) is 0.785. The first-order chi connectivity index (χ1) is 8.59. The predicted octanol–water partition coefficient (Wildman–Crippen LogP) is 0.178. The molecule has 1 amide bonds. The number of carbonyl (C=O) groups excluding carboxylic acids is 1. The number of fused-ring (bicyclic) bond motifs is 1. The Morgan fingerprint density at radius 1 is 1.56 bits per heavy atom. The van der Waals surface area contributed by atoms with Crippen molar-refractivity contribution < 1.29 is 9.53 Å². The summed E-state index contributed by atoms with van der Waals surface area (Å²) < 4.78 is 7.49. The van der Waals surface area contributed by atoms with Gasteiger partial charge in [0, 0.05) is 31.3 Å². The minimum atomic E-state index is -0.0694. The third-order valence-corrected chi connectivity index (χ3v) is 4.35. The molecule has 0 spiro atoms. The Hall–Kier alpha value is -1.33. The molecule has 2 heterocycles. The topological polar surface area (TPSA) is 69.3 Å². The van der Waals surface area contributed by atoms with Crippen LogP contribution in [0, 0.1) is 12.8 Å². The van der Waals surface area contributed by atoms with Gasteiger partial charge in [0.05, 0.1) is 12.1 Å². The number of hydrogen-bond donors (Lipinski definition) is 2. The molecular weight excluding hydrogens is 230 g/mol. The first kappa shape index (κ1) is 11.7. The second-order valence-electron chi connectivity index (χ2n) is 5.28. The number of nitrogens with one attached hydrogen (secondary N) is 1. The Morgan fingerprint density at radius 3 is 3.00 bits per heavy atom. The van der Waals surface area contributed by atoms with E-state index in [9.17, 15) is 4.79 Å². The van der Waals surface area contributed by atoms with Crippen molar-refractivity contribution in [2.24, 2.45) is 18.7 Å². The zero-order valence-corrected chi connectivity index (χ0v) is 10.7. The van der Waals surface area contributed by atoms with Gasteiger partial charge in [-0.2, -0.15) is 0 Å². The van der Waals surface area contributed by atoms with Crippen LogP contribution in [0.2, 0.25) is 0 Å². The van der Waals surface area contributed by atoms with Crippen LogP contribution in [0.4, 0.5) is 0 Å². The molecule has 2 aliphatic rings. The number of nitrogens with two attached hydrogens (primary N) is 1. The van der Waals surface area contributed by atoms with Gasteiger partial charge >= 0.3 is 0 Å². The van der Waals surface area contributed by atoms with Gasteiger partial charge in [0.1, 0.15) is 5.69 Å². The minimum Gasteiger partial charge on any atom is -0.376 e. The summed E-state index contributed by atoms with van der Waals surface area (Å²) >= 11 is 0. The Kier molecular flexibility index (Phi) is 2.68. The fourth-order valence-corrected chi connectivity index (χ4v) is 2.99. The first-order valence-corrected chi connectivity index (χ1v) is 6.40. The number of carbonyl (C=O) groups is 1. The molecule has 5 nitrogen and oxygen atoms in total. The van der Waals surface area contributed by atoms with Crippen molar-refractivity contribution in [2.75, 3.05) is 6.61 Å². The highest BCUT2D eigenvalue weighted by Gasteiger charge is 2.52. The van der Waals surface area contributed by atoms with E-state index in [0.29, 0.717) is 11.6 Å². The lowest BCUT2D eigenvalue weighted by Gasteiger charge is -2.45. The van der Waals surface area contributed by atoms with Crippen LogP contribution in [-0.4, -0.2) is 35.3 Å². The lowest BCUT2D eigenvalue weighted by molar-refractivity contribution is -0.0162. The number of rotatable bonds is 2. The summed E-state index contributed by atoms with van der Waals surface area (Å²) in [6.07, 6.45) is 1.13. The number of hydrogen-bond acceptors (Lipinski definition) is 3. The molecule has 1 aromatic heterocycles. The maximum absolute atomic E-state index is 12.2. The first-order valence-electron chi connectivity index (χ1n) is 6.40. The van der Waals surface area contributed by atoms with Crippen LogP contribution in [0.3, 0.4) is 0 Å². The zero-order chi connectivity index (χ0) is 12.9. The van der Waals surface area contributed by atoms with Crippen molar-refractivity contribution in [1.29, 1.82) is 0 Å². The van der Waals surface area contributed by atoms with Crippen molar-refractivity contribution in [3.8, 4) is 0 Å². The van der Waals surface area contributed by atoms with E-state index < -0.39 is 0 Å². The summed E-state index contributed by atoms with van der Waals surface area (Å²) in [5, 5.41) is 3.00. The minimum absolute atomic E-state index is 0.0304. The van der Waals surface area contributed by atoms with Gasteiger partial charge in [-0.15, -0.1) is 0 Å². The van der Waals surface area contributed by atoms with Crippen LogP contribution in [0.1, 0.15) is 22.6 Å². The van der Waals surface area contributed by atoms with Crippen LogP contribution < -0.4 is 11.1 Å². The summed E-state index contributed by atoms with van der Waals surface area (Å²) in [6, 6.07) is 3.76. The maximum Gasteiger partial charge on any atom is 0.268 e. The molecule has 1 saturated carbocycles. The Labute approximate surface area is 106 Å². The third kappa shape index (κ3) is 1.58. The lowest BCUT2D eigenvalue weighted by Crippen LogP contribution is -2.69. The monoisotopic (exact) mass is 249 g/mol. The van der Waals surface area contributed by atoms with E-state index in [2.05, 4.69) is 5.32 Å². The highest BCUT2D eigenvalue weighted by atomic mass is 16.5. The lowest BCUT2D eigenvalue weighted by atomic mass is 9.72. The van der Waals surface area contributed by atoms with E-state index in [1.54, 1.807) is 0 Å². The van der Waals surface area contributed by atoms with Crippen LogP contribution >= 0.6 is 0 Å². The fourth-order valence-electron chi connectivity index (χ4n) is 2.99. The van der Waals surface area contributed by atoms with Gasteiger partial charge in [0.25, 0.3) is 5.91 Å². The van der Waals surface area contributed by atoms with Gasteiger partial charge in [-0.1, -0.05) is 0 Å². The average molecular weight is 249 g/mol. The number of aryl methyl sites for hydroxylation is 1.